The standard InChI is InChI=1S/C24H43N3O9/c1-16(34-20(31)12-11-19(29)30)15-27(8)14-13-25-18(28)10-9-17(21(32)35-23(2,3)4)26-22(33)36-24(5,6)7/h16-17H,9-15H2,1-8H3,(H,25,28)(H,26,33)(H,29,30)/t16?,17-/m0/s1. The summed E-state index contributed by atoms with van der Waals surface area (Å²) in [6.45, 7) is 13.1. The zero-order valence-corrected chi connectivity index (χ0v) is 22.8. The number of hydrogen-bond donors (Lipinski definition) is 3. The fourth-order valence-electron chi connectivity index (χ4n) is 2.88. The third-order valence-electron chi connectivity index (χ3n) is 4.30. The highest BCUT2D eigenvalue weighted by atomic mass is 16.6. The van der Waals surface area contributed by atoms with Crippen LogP contribution >= 0.6 is 0 Å². The summed E-state index contributed by atoms with van der Waals surface area (Å²) in [4.78, 5) is 60.9. The number of alkyl carbamates (subject to hydrolysis) is 1. The minimum Gasteiger partial charge on any atom is -0.481 e. The quantitative estimate of drug-likeness (QED) is 0.229. The summed E-state index contributed by atoms with van der Waals surface area (Å²) in [6.07, 6.45) is -1.69. The summed E-state index contributed by atoms with van der Waals surface area (Å²) in [6, 6.07) is -1.05. The van der Waals surface area contributed by atoms with E-state index >= 15 is 0 Å². The number of hydrogen-bond acceptors (Lipinski definition) is 9. The molecule has 0 spiro atoms. The van der Waals surface area contributed by atoms with Gasteiger partial charge in [-0.15, -0.1) is 0 Å². The molecule has 2 amide bonds. The first-order valence-corrected chi connectivity index (χ1v) is 12.0. The molecule has 0 bridgehead atoms. The Balaban J connectivity index is 4.58. The van der Waals surface area contributed by atoms with Crippen LogP contribution in [0.2, 0.25) is 0 Å². The van der Waals surface area contributed by atoms with E-state index in [-0.39, 0.29) is 31.6 Å². The monoisotopic (exact) mass is 517 g/mol. The van der Waals surface area contributed by atoms with E-state index in [1.54, 1.807) is 55.5 Å². The van der Waals surface area contributed by atoms with Crippen LogP contribution in [0.3, 0.4) is 0 Å². The summed E-state index contributed by atoms with van der Waals surface area (Å²) < 4.78 is 15.7. The minimum absolute atomic E-state index is 0.0268. The van der Waals surface area contributed by atoms with Gasteiger partial charge in [-0.05, 0) is 61.9 Å². The lowest BCUT2D eigenvalue weighted by Gasteiger charge is -2.26. The van der Waals surface area contributed by atoms with Crippen LogP contribution in [0.5, 0.6) is 0 Å². The molecule has 12 heteroatoms. The van der Waals surface area contributed by atoms with Crippen LogP contribution in [0.25, 0.3) is 0 Å². The summed E-state index contributed by atoms with van der Waals surface area (Å²) >= 11 is 0. The molecule has 0 aliphatic carbocycles. The van der Waals surface area contributed by atoms with E-state index in [0.29, 0.717) is 19.6 Å². The highest BCUT2D eigenvalue weighted by molar-refractivity contribution is 5.83. The predicted molar refractivity (Wildman–Crippen MR) is 131 cm³/mol. The molecule has 0 aliphatic heterocycles. The Morgan fingerprint density at radius 1 is 0.917 bits per heavy atom. The van der Waals surface area contributed by atoms with Crippen molar-refractivity contribution in [1.29, 1.82) is 0 Å². The van der Waals surface area contributed by atoms with Crippen molar-refractivity contribution in [2.45, 2.75) is 97.5 Å². The number of ether oxygens (including phenoxy) is 3. The van der Waals surface area contributed by atoms with Gasteiger partial charge in [-0.2, -0.15) is 0 Å². The van der Waals surface area contributed by atoms with Crippen molar-refractivity contribution in [2.24, 2.45) is 0 Å². The zero-order valence-electron chi connectivity index (χ0n) is 22.8. The van der Waals surface area contributed by atoms with E-state index < -0.39 is 47.3 Å². The van der Waals surface area contributed by atoms with Gasteiger partial charge in [0.1, 0.15) is 23.3 Å². The van der Waals surface area contributed by atoms with Crippen molar-refractivity contribution in [1.82, 2.24) is 15.5 Å². The number of carbonyl (C=O) groups excluding carboxylic acids is 4. The SMILES string of the molecule is CC(CN(C)CCNC(=O)CC[C@H](NC(=O)OC(C)(C)C)C(=O)OC(C)(C)C)OC(=O)CCC(=O)O. The first kappa shape index (κ1) is 33.1. The molecule has 0 saturated heterocycles. The number of esters is 2. The van der Waals surface area contributed by atoms with Crippen molar-refractivity contribution in [2.75, 3.05) is 26.7 Å². The van der Waals surface area contributed by atoms with Crippen LogP contribution in [0, 0.1) is 0 Å². The van der Waals surface area contributed by atoms with Crippen molar-refractivity contribution in [3.05, 3.63) is 0 Å². The average molecular weight is 518 g/mol. The Morgan fingerprint density at radius 3 is 2.03 bits per heavy atom. The first-order valence-electron chi connectivity index (χ1n) is 12.0. The molecule has 208 valence electrons. The van der Waals surface area contributed by atoms with Crippen LogP contribution < -0.4 is 10.6 Å². The van der Waals surface area contributed by atoms with Crippen molar-refractivity contribution >= 4 is 29.9 Å². The van der Waals surface area contributed by atoms with Gasteiger partial charge in [0.25, 0.3) is 0 Å². The Hall–Kier alpha value is -2.89. The number of carboxylic acids is 1. The molecule has 0 aliphatic rings. The van der Waals surface area contributed by atoms with Gasteiger partial charge in [-0.3, -0.25) is 14.4 Å². The highest BCUT2D eigenvalue weighted by Crippen LogP contribution is 2.12. The van der Waals surface area contributed by atoms with Gasteiger partial charge in [-0.25, -0.2) is 9.59 Å². The number of nitrogens with one attached hydrogen (secondary N) is 2. The maximum Gasteiger partial charge on any atom is 0.408 e. The van der Waals surface area contributed by atoms with Crippen molar-refractivity contribution in [3.63, 3.8) is 0 Å². The molecule has 0 aromatic carbocycles. The minimum atomic E-state index is -1.06. The van der Waals surface area contributed by atoms with Crippen LogP contribution in [0.4, 0.5) is 4.79 Å². The van der Waals surface area contributed by atoms with E-state index in [4.69, 9.17) is 19.3 Å². The second-order valence-electron chi connectivity index (χ2n) is 10.6. The van der Waals surface area contributed by atoms with Crippen molar-refractivity contribution in [3.8, 4) is 0 Å². The van der Waals surface area contributed by atoms with Gasteiger partial charge in [0.05, 0.1) is 12.8 Å². The first-order chi connectivity index (χ1) is 16.4. The maximum atomic E-state index is 12.5. The largest absolute Gasteiger partial charge is 0.481 e. The Morgan fingerprint density at radius 2 is 1.50 bits per heavy atom. The maximum absolute atomic E-state index is 12.5. The van der Waals surface area contributed by atoms with Gasteiger partial charge in [-0.1, -0.05) is 0 Å². The van der Waals surface area contributed by atoms with E-state index in [0.717, 1.165) is 0 Å². The van der Waals surface area contributed by atoms with E-state index in [1.165, 1.54) is 0 Å². The molecule has 36 heavy (non-hydrogen) atoms. The normalized spacial score (nSPS) is 13.4. The molecule has 0 aromatic heterocycles. The molecule has 0 aromatic rings. The van der Waals surface area contributed by atoms with Crippen LogP contribution in [0.15, 0.2) is 0 Å². The number of nitrogens with zero attached hydrogens (tertiary/aromatic N) is 1. The molecule has 12 nitrogen and oxygen atoms in total. The van der Waals surface area contributed by atoms with Gasteiger partial charge in [0.15, 0.2) is 0 Å². The molecule has 1 unspecified atom stereocenters. The molecular formula is C24H43N3O9. The number of carboxylic acid groups (broad SMARTS) is 1. The van der Waals surface area contributed by atoms with E-state index in [2.05, 4.69) is 10.6 Å². The van der Waals surface area contributed by atoms with Crippen LogP contribution in [0.1, 0.15) is 74.1 Å². The fourth-order valence-corrected chi connectivity index (χ4v) is 2.88. The molecular weight excluding hydrogens is 474 g/mol. The third kappa shape index (κ3) is 18.4. The molecule has 2 atom stereocenters. The summed E-state index contributed by atoms with van der Waals surface area (Å²) in [7, 11) is 1.79. The second-order valence-corrected chi connectivity index (χ2v) is 10.6. The highest BCUT2D eigenvalue weighted by Gasteiger charge is 2.29. The number of aliphatic carboxylic acids is 1. The number of amides is 2. The lowest BCUT2D eigenvalue weighted by Crippen LogP contribution is -2.46. The molecule has 0 heterocycles. The number of likely N-dealkylation sites (N-methyl/N-ethyl adjacent to an activating group) is 1. The second kappa shape index (κ2) is 15.3. The summed E-state index contributed by atoms with van der Waals surface area (Å²) in [5.74, 6) is -2.61. The third-order valence-corrected chi connectivity index (χ3v) is 4.30. The summed E-state index contributed by atoms with van der Waals surface area (Å²) in [5.41, 5.74) is -1.51. The van der Waals surface area contributed by atoms with Gasteiger partial charge in [0, 0.05) is 26.1 Å². The van der Waals surface area contributed by atoms with Crippen molar-refractivity contribution < 1.29 is 43.3 Å². The predicted octanol–water partition coefficient (Wildman–Crippen LogP) is 1.85. The lowest BCUT2D eigenvalue weighted by molar-refractivity contribution is -0.157. The fraction of sp³-hybridized carbons (Fsp3) is 0.792. The van der Waals surface area contributed by atoms with Gasteiger partial charge < -0.3 is 34.9 Å². The van der Waals surface area contributed by atoms with Crippen LogP contribution in [-0.4, -0.2) is 89.9 Å². The molecule has 0 fully saturated rings. The topological polar surface area (TPSA) is 161 Å². The Labute approximate surface area is 213 Å². The number of rotatable bonds is 14. The zero-order chi connectivity index (χ0) is 28.1. The summed E-state index contributed by atoms with van der Waals surface area (Å²) in [5, 5.41) is 13.8. The molecule has 0 saturated carbocycles. The molecule has 3 N–H and O–H groups in total. The smallest absolute Gasteiger partial charge is 0.408 e. The number of carbonyl (C=O) groups is 5. The van der Waals surface area contributed by atoms with Gasteiger partial charge in [0.2, 0.25) is 5.91 Å². The van der Waals surface area contributed by atoms with E-state index in [9.17, 15) is 24.0 Å². The lowest BCUT2D eigenvalue weighted by atomic mass is 10.1. The molecule has 0 rings (SSSR count). The van der Waals surface area contributed by atoms with Gasteiger partial charge >= 0.3 is 24.0 Å². The average Bonchev–Trinajstić information content (AvgIpc) is 2.66. The van der Waals surface area contributed by atoms with E-state index in [1.807, 2.05) is 4.90 Å². The molecule has 0 radical (unpaired) electrons. The van der Waals surface area contributed by atoms with Crippen LogP contribution in [-0.2, 0) is 33.4 Å². The Kier molecular flexibility index (Phi) is 14.0. The Bertz CT molecular complexity index is 757.